The lowest BCUT2D eigenvalue weighted by Gasteiger charge is -2.36. The van der Waals surface area contributed by atoms with Gasteiger partial charge in [0.2, 0.25) is 11.8 Å². The van der Waals surface area contributed by atoms with Crippen molar-refractivity contribution in [3.05, 3.63) is 40.4 Å². The number of carbonyl (C=O) groups is 2. The summed E-state index contributed by atoms with van der Waals surface area (Å²) in [4.78, 5) is 28.6. The summed E-state index contributed by atoms with van der Waals surface area (Å²) in [5, 5.41) is 31.3. The number of hydrogen-bond acceptors (Lipinski definition) is 7. The molecule has 3 N–H and O–H groups in total. The van der Waals surface area contributed by atoms with Crippen molar-refractivity contribution >= 4 is 17.9 Å². The Kier molecular flexibility index (Phi) is 9.98. The summed E-state index contributed by atoms with van der Waals surface area (Å²) in [6.45, 7) is 1.89. The first kappa shape index (κ1) is 28.7. The van der Waals surface area contributed by atoms with Crippen molar-refractivity contribution in [1.82, 2.24) is 4.90 Å². The Balaban J connectivity index is 1.56. The van der Waals surface area contributed by atoms with Gasteiger partial charge < -0.3 is 24.5 Å². The van der Waals surface area contributed by atoms with Crippen LogP contribution in [0.3, 0.4) is 0 Å². The quantitative estimate of drug-likeness (QED) is 0.277. The van der Waals surface area contributed by atoms with E-state index in [1.807, 2.05) is 12.1 Å². The van der Waals surface area contributed by atoms with Crippen molar-refractivity contribution in [2.75, 3.05) is 20.3 Å². The van der Waals surface area contributed by atoms with Gasteiger partial charge in [-0.25, -0.2) is 0 Å². The van der Waals surface area contributed by atoms with Crippen molar-refractivity contribution in [2.24, 2.45) is 17.8 Å². The number of carbonyl (C=O) groups excluding carboxylic acids is 2. The van der Waals surface area contributed by atoms with Gasteiger partial charge in [0.15, 0.2) is 0 Å². The number of ether oxygens (including phenoxy) is 1. The Hall–Kier alpha value is -2.26. The van der Waals surface area contributed by atoms with E-state index in [9.17, 15) is 24.9 Å². The lowest BCUT2D eigenvalue weighted by Crippen LogP contribution is -2.42. The predicted molar refractivity (Wildman–Crippen MR) is 143 cm³/mol. The number of furan rings is 1. The van der Waals surface area contributed by atoms with Crippen LogP contribution in [-0.2, 0) is 20.9 Å². The molecule has 2 aliphatic carbocycles. The monoisotopic (exact) mass is 529 g/mol. The first-order chi connectivity index (χ1) is 18.4. The topological polar surface area (TPSA) is 120 Å². The second-order valence-electron chi connectivity index (χ2n) is 11.0. The summed E-state index contributed by atoms with van der Waals surface area (Å²) in [7, 11) is 1.58. The molecule has 2 amide bonds. The minimum atomic E-state index is -0.866. The number of imide groups is 1. The first-order valence-electron chi connectivity index (χ1n) is 14.2. The third kappa shape index (κ3) is 5.98. The molecule has 1 aromatic rings. The summed E-state index contributed by atoms with van der Waals surface area (Å²) in [6, 6.07) is 3.51. The van der Waals surface area contributed by atoms with E-state index in [-0.39, 0.29) is 37.7 Å². The molecule has 8 nitrogen and oxygen atoms in total. The Labute approximate surface area is 225 Å². The van der Waals surface area contributed by atoms with Crippen LogP contribution in [-0.4, -0.2) is 64.5 Å². The fourth-order valence-electron chi connectivity index (χ4n) is 6.82. The van der Waals surface area contributed by atoms with Gasteiger partial charge in [-0.1, -0.05) is 38.2 Å². The Morgan fingerprint density at radius 3 is 2.55 bits per heavy atom. The van der Waals surface area contributed by atoms with Crippen LogP contribution < -0.4 is 0 Å². The van der Waals surface area contributed by atoms with Crippen molar-refractivity contribution in [3.8, 4) is 0 Å². The Morgan fingerprint density at radius 1 is 1.16 bits per heavy atom. The predicted octanol–water partition coefficient (Wildman–Crippen LogP) is 3.99. The molecule has 1 saturated carbocycles. The first-order valence-corrected chi connectivity index (χ1v) is 14.2. The highest BCUT2D eigenvalue weighted by Crippen LogP contribution is 2.47. The van der Waals surface area contributed by atoms with E-state index in [0.29, 0.717) is 36.4 Å². The van der Waals surface area contributed by atoms with Crippen LogP contribution in [0.25, 0.3) is 6.08 Å². The lowest BCUT2D eigenvalue weighted by atomic mass is 9.68. The molecule has 1 saturated heterocycles. The SMILES string of the molecule is CCC/C(=C\c1ccc(CO)o1)CC[C@@H](O)C1=C(COC)C[C@H]2C(=O)N(C3CCCCC3)C(=O)[C@H]2[C@H]1CO. The van der Waals surface area contributed by atoms with Crippen LogP contribution in [0.1, 0.15) is 82.7 Å². The smallest absolute Gasteiger partial charge is 0.234 e. The maximum Gasteiger partial charge on any atom is 0.234 e. The van der Waals surface area contributed by atoms with Crippen LogP contribution in [0.2, 0.25) is 0 Å². The minimum absolute atomic E-state index is 0.0531. The molecule has 4 atom stereocenters. The van der Waals surface area contributed by atoms with E-state index >= 15 is 0 Å². The van der Waals surface area contributed by atoms with Crippen molar-refractivity contribution in [1.29, 1.82) is 0 Å². The standard InChI is InChI=1S/C30H43NO7/c1-3-7-19(14-22-11-12-23(16-32)38-22)10-13-26(34)27-20(18-37-2)15-24-28(25(27)17-33)30(36)31(29(24)35)21-8-5-4-6-9-21/h11-12,14,21,24-26,28,32-34H,3-10,13,15-18H2,1-2H3/b19-14+/t24-,25+,26-,28-/m1/s1. The molecule has 1 aromatic heterocycles. The Bertz CT molecular complexity index is 1040. The van der Waals surface area contributed by atoms with Gasteiger partial charge in [-0.3, -0.25) is 14.5 Å². The van der Waals surface area contributed by atoms with E-state index in [1.54, 1.807) is 13.2 Å². The number of methoxy groups -OCH3 is 1. The normalized spacial score (nSPS) is 25.9. The second kappa shape index (κ2) is 13.2. The molecule has 4 rings (SSSR count). The number of amides is 2. The molecule has 0 radical (unpaired) electrons. The highest BCUT2D eigenvalue weighted by Gasteiger charge is 2.56. The molecule has 1 aliphatic heterocycles. The zero-order valence-electron chi connectivity index (χ0n) is 22.7. The summed E-state index contributed by atoms with van der Waals surface area (Å²) >= 11 is 0. The number of rotatable bonds is 12. The Morgan fingerprint density at radius 2 is 1.92 bits per heavy atom. The molecule has 2 fully saturated rings. The number of fused-ring (bicyclic) bond motifs is 1. The largest absolute Gasteiger partial charge is 0.459 e. The van der Waals surface area contributed by atoms with Gasteiger partial charge in [0.1, 0.15) is 18.1 Å². The van der Waals surface area contributed by atoms with Gasteiger partial charge in [0.25, 0.3) is 0 Å². The highest BCUT2D eigenvalue weighted by molar-refractivity contribution is 6.06. The van der Waals surface area contributed by atoms with Gasteiger partial charge in [-0.2, -0.15) is 0 Å². The number of allylic oxidation sites excluding steroid dienone is 1. The zero-order chi connectivity index (χ0) is 27.2. The van der Waals surface area contributed by atoms with Crippen LogP contribution in [0.4, 0.5) is 0 Å². The highest BCUT2D eigenvalue weighted by atomic mass is 16.5. The molecule has 3 aliphatic rings. The molecule has 8 heteroatoms. The molecular formula is C30H43NO7. The molecule has 0 unspecified atom stereocenters. The molecule has 2 heterocycles. The van der Waals surface area contributed by atoms with E-state index in [2.05, 4.69) is 6.92 Å². The van der Waals surface area contributed by atoms with Crippen LogP contribution >= 0.6 is 0 Å². The van der Waals surface area contributed by atoms with Crippen LogP contribution in [0, 0.1) is 17.8 Å². The van der Waals surface area contributed by atoms with Crippen LogP contribution in [0.15, 0.2) is 33.3 Å². The van der Waals surface area contributed by atoms with E-state index in [4.69, 9.17) is 9.15 Å². The summed E-state index contributed by atoms with van der Waals surface area (Å²) in [5.41, 5.74) is 2.61. The molecule has 38 heavy (non-hydrogen) atoms. The number of nitrogens with zero attached hydrogens (tertiary/aromatic N) is 1. The van der Waals surface area contributed by atoms with Gasteiger partial charge in [0, 0.05) is 19.1 Å². The van der Waals surface area contributed by atoms with Gasteiger partial charge >= 0.3 is 0 Å². The second-order valence-corrected chi connectivity index (χ2v) is 11.0. The molecule has 0 bridgehead atoms. The van der Waals surface area contributed by atoms with Crippen molar-refractivity contribution in [3.63, 3.8) is 0 Å². The number of hydrogen-bond donors (Lipinski definition) is 3. The van der Waals surface area contributed by atoms with E-state index < -0.39 is 23.9 Å². The van der Waals surface area contributed by atoms with Crippen molar-refractivity contribution in [2.45, 2.75) is 89.9 Å². The molecule has 0 spiro atoms. The zero-order valence-corrected chi connectivity index (χ0v) is 22.7. The third-order valence-electron chi connectivity index (χ3n) is 8.53. The molecule has 0 aromatic carbocycles. The van der Waals surface area contributed by atoms with E-state index in [0.717, 1.165) is 56.1 Å². The van der Waals surface area contributed by atoms with Gasteiger partial charge in [-0.05, 0) is 67.9 Å². The third-order valence-corrected chi connectivity index (χ3v) is 8.53. The summed E-state index contributed by atoms with van der Waals surface area (Å²) in [5.74, 6) is -0.879. The number of aliphatic hydroxyl groups excluding tert-OH is 3. The van der Waals surface area contributed by atoms with Crippen molar-refractivity contribution < 1.29 is 34.1 Å². The maximum atomic E-state index is 13.7. The fraction of sp³-hybridized carbons (Fsp3) is 0.667. The molecular weight excluding hydrogens is 486 g/mol. The summed E-state index contributed by atoms with van der Waals surface area (Å²) < 4.78 is 11.1. The lowest BCUT2D eigenvalue weighted by molar-refractivity contribution is -0.143. The average Bonchev–Trinajstić information content (AvgIpc) is 3.48. The van der Waals surface area contributed by atoms with Crippen LogP contribution in [0.5, 0.6) is 0 Å². The molecule has 210 valence electrons. The fourth-order valence-corrected chi connectivity index (χ4v) is 6.82. The average molecular weight is 530 g/mol. The maximum absolute atomic E-state index is 13.7. The number of aliphatic hydroxyl groups is 3. The minimum Gasteiger partial charge on any atom is -0.459 e. The van der Waals surface area contributed by atoms with Gasteiger partial charge in [-0.15, -0.1) is 0 Å². The number of likely N-dealkylation sites (tertiary alicyclic amines) is 1. The summed E-state index contributed by atoms with van der Waals surface area (Å²) in [6.07, 6.45) is 9.13. The van der Waals surface area contributed by atoms with Gasteiger partial charge in [0.05, 0.1) is 31.2 Å². The van der Waals surface area contributed by atoms with E-state index in [1.165, 1.54) is 4.90 Å².